The monoisotopic (exact) mass is 341 g/mol. The van der Waals surface area contributed by atoms with Gasteiger partial charge in [-0.3, -0.25) is 0 Å². The number of aromatic nitrogens is 5. The highest BCUT2D eigenvalue weighted by atomic mass is 32.2. The molecule has 1 unspecified atom stereocenters. The number of rotatable bonds is 3. The molecule has 4 rings (SSSR count). The van der Waals surface area contributed by atoms with Gasteiger partial charge in [0.05, 0.1) is 11.0 Å². The molecule has 0 saturated heterocycles. The number of nitrogens with zero attached hydrogens (tertiary/aromatic N) is 5. The fourth-order valence-corrected chi connectivity index (χ4v) is 3.54. The zero-order valence-electron chi connectivity index (χ0n) is 13.9. The number of imidazole rings is 1. The van der Waals surface area contributed by atoms with Crippen molar-refractivity contribution in [2.24, 2.45) is 11.0 Å². The van der Waals surface area contributed by atoms with Gasteiger partial charge in [0.25, 0.3) is 0 Å². The predicted molar refractivity (Wildman–Crippen MR) is 95.8 cm³/mol. The Morgan fingerprint density at radius 3 is 3.04 bits per heavy atom. The quantitative estimate of drug-likeness (QED) is 0.764. The molecule has 0 aliphatic carbocycles. The van der Waals surface area contributed by atoms with E-state index in [0.717, 1.165) is 51.4 Å². The molecule has 0 saturated carbocycles. The van der Waals surface area contributed by atoms with E-state index < -0.39 is 0 Å². The number of nitrogens with one attached hydrogen (secondary N) is 2. The largest absolute Gasteiger partial charge is 0.359 e. The second kappa shape index (κ2) is 5.94. The van der Waals surface area contributed by atoms with E-state index in [-0.39, 0.29) is 0 Å². The maximum atomic E-state index is 4.71. The number of aromatic amines is 1. The Balaban J connectivity index is 1.68. The van der Waals surface area contributed by atoms with E-state index in [1.54, 1.807) is 11.8 Å². The average molecular weight is 341 g/mol. The van der Waals surface area contributed by atoms with Crippen molar-refractivity contribution in [2.75, 3.05) is 12.4 Å². The molecule has 0 amide bonds. The molecule has 0 bridgehead atoms. The number of benzene rings is 1. The average Bonchev–Trinajstić information content (AvgIpc) is 3.12. The van der Waals surface area contributed by atoms with E-state index in [9.17, 15) is 0 Å². The van der Waals surface area contributed by atoms with Crippen LogP contribution in [0.15, 0.2) is 33.4 Å². The summed E-state index contributed by atoms with van der Waals surface area (Å²) in [7, 11) is 1.85. The van der Waals surface area contributed by atoms with Gasteiger partial charge in [0.2, 0.25) is 11.1 Å². The summed E-state index contributed by atoms with van der Waals surface area (Å²) in [5.74, 6) is 2.17. The fraction of sp³-hybridized carbons (Fsp3) is 0.375. The third kappa shape index (κ3) is 2.66. The number of H-pyrrole nitrogens is 1. The van der Waals surface area contributed by atoms with E-state index >= 15 is 0 Å². The standard InChI is InChI=1S/C16H19N7S/c1-9-4-7-14-20-21-16(23(14)22-10(9)2)24-11-5-6-12-13(8-11)19-15(17-3)18-12/h5-6,8-9H,4,7H2,1-3H3,(H2,17,18,19). The Morgan fingerprint density at radius 2 is 2.21 bits per heavy atom. The molecule has 2 N–H and O–H groups in total. The second-order valence-corrected chi connectivity index (χ2v) is 7.05. The van der Waals surface area contributed by atoms with Crippen molar-refractivity contribution in [3.63, 3.8) is 0 Å². The van der Waals surface area contributed by atoms with E-state index in [1.807, 2.05) is 23.9 Å². The molecule has 24 heavy (non-hydrogen) atoms. The molecule has 3 heterocycles. The van der Waals surface area contributed by atoms with Gasteiger partial charge in [-0.25, -0.2) is 4.98 Å². The molecule has 3 aromatic rings. The molecule has 0 spiro atoms. The smallest absolute Gasteiger partial charge is 0.216 e. The van der Waals surface area contributed by atoms with E-state index in [4.69, 9.17) is 5.10 Å². The Morgan fingerprint density at radius 1 is 1.33 bits per heavy atom. The number of anilines is 1. The van der Waals surface area contributed by atoms with Gasteiger partial charge in [-0.05, 0) is 49.2 Å². The van der Waals surface area contributed by atoms with Crippen molar-refractivity contribution in [2.45, 2.75) is 36.7 Å². The minimum atomic E-state index is 0.478. The maximum Gasteiger partial charge on any atom is 0.216 e. The van der Waals surface area contributed by atoms with E-state index in [2.05, 4.69) is 45.4 Å². The summed E-state index contributed by atoms with van der Waals surface area (Å²) in [6.45, 7) is 4.28. The lowest BCUT2D eigenvalue weighted by Gasteiger charge is -2.05. The normalized spacial score (nSPS) is 17.5. The topological polar surface area (TPSA) is 83.8 Å². The lowest BCUT2D eigenvalue weighted by molar-refractivity contribution is 0.663. The number of aryl methyl sites for hydroxylation is 1. The Kier molecular flexibility index (Phi) is 3.76. The first kappa shape index (κ1) is 15.2. The first-order valence-electron chi connectivity index (χ1n) is 7.99. The van der Waals surface area contributed by atoms with Crippen LogP contribution in [-0.2, 0) is 6.42 Å². The third-order valence-corrected chi connectivity index (χ3v) is 5.27. The summed E-state index contributed by atoms with van der Waals surface area (Å²) in [6.07, 6.45) is 1.96. The zero-order chi connectivity index (χ0) is 16.7. The van der Waals surface area contributed by atoms with Crippen LogP contribution in [0.4, 0.5) is 5.95 Å². The first-order valence-corrected chi connectivity index (χ1v) is 8.81. The van der Waals surface area contributed by atoms with E-state index in [1.165, 1.54) is 0 Å². The highest BCUT2D eigenvalue weighted by Crippen LogP contribution is 2.30. The number of hydrogen-bond donors (Lipinski definition) is 2. The van der Waals surface area contributed by atoms with Crippen LogP contribution in [0.1, 0.15) is 26.1 Å². The van der Waals surface area contributed by atoms with Gasteiger partial charge in [-0.1, -0.05) is 6.92 Å². The molecular formula is C16H19N7S. The minimum absolute atomic E-state index is 0.478. The highest BCUT2D eigenvalue weighted by Gasteiger charge is 2.19. The van der Waals surface area contributed by atoms with Crippen molar-refractivity contribution >= 4 is 34.5 Å². The van der Waals surface area contributed by atoms with Gasteiger partial charge in [0, 0.05) is 24.1 Å². The summed E-state index contributed by atoms with van der Waals surface area (Å²) in [5.41, 5.74) is 3.05. The van der Waals surface area contributed by atoms with Gasteiger partial charge in [0.1, 0.15) is 0 Å². The minimum Gasteiger partial charge on any atom is -0.359 e. The number of fused-ring (bicyclic) bond motifs is 2. The second-order valence-electron chi connectivity index (χ2n) is 6.01. The van der Waals surface area contributed by atoms with Crippen molar-refractivity contribution in [3.05, 3.63) is 24.0 Å². The number of hydrogen-bond acceptors (Lipinski definition) is 6. The van der Waals surface area contributed by atoms with Gasteiger partial charge < -0.3 is 10.3 Å². The van der Waals surface area contributed by atoms with Crippen LogP contribution in [0.5, 0.6) is 0 Å². The van der Waals surface area contributed by atoms with Crippen LogP contribution >= 0.6 is 11.8 Å². The van der Waals surface area contributed by atoms with E-state index in [0.29, 0.717) is 5.92 Å². The van der Waals surface area contributed by atoms with Gasteiger partial charge in [-0.2, -0.15) is 9.78 Å². The summed E-state index contributed by atoms with van der Waals surface area (Å²) >= 11 is 1.57. The predicted octanol–water partition coefficient (Wildman–Crippen LogP) is 3.15. The zero-order valence-corrected chi connectivity index (χ0v) is 14.7. The molecular weight excluding hydrogens is 322 g/mol. The van der Waals surface area contributed by atoms with Gasteiger partial charge >= 0.3 is 0 Å². The van der Waals surface area contributed by atoms with Crippen LogP contribution in [0.25, 0.3) is 11.0 Å². The van der Waals surface area contributed by atoms with Crippen molar-refractivity contribution in [1.29, 1.82) is 0 Å². The molecule has 1 atom stereocenters. The molecule has 1 aliphatic heterocycles. The molecule has 0 fully saturated rings. The Bertz CT molecular complexity index is 924. The summed E-state index contributed by atoms with van der Waals surface area (Å²) in [6, 6.07) is 6.13. The molecule has 0 radical (unpaired) electrons. The highest BCUT2D eigenvalue weighted by molar-refractivity contribution is 7.99. The summed E-state index contributed by atoms with van der Waals surface area (Å²) in [5, 5.41) is 17.2. The molecule has 1 aromatic carbocycles. The molecule has 1 aliphatic rings. The SMILES string of the molecule is CNc1nc2ccc(Sc3nnc4n3N=C(C)C(C)CC4)cc2[nH]1. The first-order chi connectivity index (χ1) is 11.6. The lowest BCUT2D eigenvalue weighted by Crippen LogP contribution is -2.06. The summed E-state index contributed by atoms with van der Waals surface area (Å²) in [4.78, 5) is 8.76. The van der Waals surface area contributed by atoms with Crippen LogP contribution in [0.3, 0.4) is 0 Å². The van der Waals surface area contributed by atoms with Crippen molar-refractivity contribution in [1.82, 2.24) is 24.8 Å². The summed E-state index contributed by atoms with van der Waals surface area (Å²) < 4.78 is 1.89. The van der Waals surface area contributed by atoms with Crippen molar-refractivity contribution < 1.29 is 0 Å². The molecule has 7 nitrogen and oxygen atoms in total. The van der Waals surface area contributed by atoms with Crippen LogP contribution in [-0.4, -0.2) is 37.6 Å². The van der Waals surface area contributed by atoms with Crippen LogP contribution in [0, 0.1) is 5.92 Å². The molecule has 2 aromatic heterocycles. The Labute approximate surface area is 144 Å². The Hall–Kier alpha value is -2.35. The van der Waals surface area contributed by atoms with Crippen LogP contribution < -0.4 is 5.32 Å². The maximum absolute atomic E-state index is 4.71. The van der Waals surface area contributed by atoms with Crippen molar-refractivity contribution in [3.8, 4) is 0 Å². The van der Waals surface area contributed by atoms with Gasteiger partial charge in [-0.15, -0.1) is 10.2 Å². The van der Waals surface area contributed by atoms with Crippen LogP contribution in [0.2, 0.25) is 0 Å². The molecule has 124 valence electrons. The molecule has 8 heteroatoms. The van der Waals surface area contributed by atoms with Gasteiger partial charge in [0.15, 0.2) is 5.82 Å². The third-order valence-electron chi connectivity index (χ3n) is 4.35. The fourth-order valence-electron chi connectivity index (χ4n) is 2.70. The lowest BCUT2D eigenvalue weighted by atomic mass is 10.0.